The van der Waals surface area contributed by atoms with Crippen LogP contribution in [0, 0.1) is 5.92 Å². The van der Waals surface area contributed by atoms with Crippen LogP contribution < -0.4 is 0 Å². The number of isocyanates is 1. The van der Waals surface area contributed by atoms with E-state index in [9.17, 15) is 4.79 Å². The van der Waals surface area contributed by atoms with Crippen molar-refractivity contribution in [1.29, 1.82) is 0 Å². The molecule has 0 aliphatic heterocycles. The van der Waals surface area contributed by atoms with E-state index in [1.54, 1.807) is 6.08 Å². The smallest absolute Gasteiger partial charge is 0.211 e. The Morgan fingerprint density at radius 2 is 2.00 bits per heavy atom. The van der Waals surface area contributed by atoms with Crippen molar-refractivity contribution in [2.24, 2.45) is 10.9 Å². The summed E-state index contributed by atoms with van der Waals surface area (Å²) in [4.78, 5) is 13.9. The van der Waals surface area contributed by atoms with Gasteiger partial charge in [-0.15, -0.1) is 0 Å². The molecular weight excluding hydrogens is 150 g/mol. The number of hydrogen-bond donors (Lipinski definition) is 0. The van der Waals surface area contributed by atoms with Gasteiger partial charge < -0.3 is 0 Å². The minimum absolute atomic E-state index is 0.189. The second kappa shape index (κ2) is 7.05. The van der Waals surface area contributed by atoms with Crippen molar-refractivity contribution in [3.63, 3.8) is 0 Å². The van der Waals surface area contributed by atoms with E-state index in [0.717, 1.165) is 6.42 Å². The highest BCUT2D eigenvalue weighted by Gasteiger charge is 2.10. The molecule has 0 heterocycles. The summed E-state index contributed by atoms with van der Waals surface area (Å²) < 4.78 is 0. The molecule has 1 atom stereocenters. The summed E-state index contributed by atoms with van der Waals surface area (Å²) in [5, 5.41) is 0. The van der Waals surface area contributed by atoms with Gasteiger partial charge in [0.2, 0.25) is 6.08 Å². The molecule has 0 rings (SSSR count). The van der Waals surface area contributed by atoms with E-state index in [-0.39, 0.29) is 6.04 Å². The van der Waals surface area contributed by atoms with Gasteiger partial charge in [0.25, 0.3) is 0 Å². The van der Waals surface area contributed by atoms with Gasteiger partial charge in [0, 0.05) is 0 Å². The van der Waals surface area contributed by atoms with Crippen LogP contribution in [-0.4, -0.2) is 12.1 Å². The minimum Gasteiger partial charge on any atom is -0.211 e. The highest BCUT2D eigenvalue weighted by molar-refractivity contribution is 5.33. The molecule has 0 aromatic heterocycles. The summed E-state index contributed by atoms with van der Waals surface area (Å²) in [5.41, 5.74) is 0. The van der Waals surface area contributed by atoms with Crippen LogP contribution in [0.5, 0.6) is 0 Å². The molecule has 0 aromatic rings. The second-order valence-electron chi connectivity index (χ2n) is 3.53. The zero-order valence-electron chi connectivity index (χ0n) is 8.34. The number of carbonyl (C=O) groups excluding carboxylic acids is 1. The Morgan fingerprint density at radius 1 is 1.33 bits per heavy atom. The Balaban J connectivity index is 3.71. The van der Waals surface area contributed by atoms with Gasteiger partial charge in [0.1, 0.15) is 0 Å². The Labute approximate surface area is 75.1 Å². The van der Waals surface area contributed by atoms with Crippen LogP contribution in [0.3, 0.4) is 0 Å². The first-order chi connectivity index (χ1) is 5.72. The number of hydrogen-bond acceptors (Lipinski definition) is 2. The molecule has 0 saturated heterocycles. The van der Waals surface area contributed by atoms with E-state index in [4.69, 9.17) is 0 Å². The average Bonchev–Trinajstić information content (AvgIpc) is 2.03. The molecule has 0 aromatic carbocycles. The number of unbranched alkanes of at least 4 members (excludes halogenated alkanes) is 2. The van der Waals surface area contributed by atoms with E-state index < -0.39 is 0 Å². The third kappa shape index (κ3) is 5.09. The van der Waals surface area contributed by atoms with Crippen molar-refractivity contribution in [2.45, 2.75) is 52.5 Å². The van der Waals surface area contributed by atoms with Gasteiger partial charge >= 0.3 is 0 Å². The standard InChI is InChI=1S/C10H19NO/c1-4-5-6-7-10(9(2)3)11-8-12/h9-10H,4-7H2,1-3H3. The van der Waals surface area contributed by atoms with Gasteiger partial charge in [-0.3, -0.25) is 0 Å². The van der Waals surface area contributed by atoms with Crippen molar-refractivity contribution >= 4 is 6.08 Å². The normalized spacial score (nSPS) is 12.7. The molecule has 12 heavy (non-hydrogen) atoms. The Hall–Kier alpha value is -0.620. The minimum atomic E-state index is 0.189. The lowest BCUT2D eigenvalue weighted by atomic mass is 9.99. The fraction of sp³-hybridized carbons (Fsp3) is 0.900. The van der Waals surface area contributed by atoms with Crippen molar-refractivity contribution in [2.75, 3.05) is 0 Å². The molecule has 0 aliphatic carbocycles. The highest BCUT2D eigenvalue weighted by Crippen LogP contribution is 2.13. The predicted molar refractivity (Wildman–Crippen MR) is 50.9 cm³/mol. The van der Waals surface area contributed by atoms with E-state index in [2.05, 4.69) is 25.8 Å². The molecule has 0 aliphatic rings. The van der Waals surface area contributed by atoms with Gasteiger partial charge in [-0.2, -0.15) is 0 Å². The summed E-state index contributed by atoms with van der Waals surface area (Å²) in [7, 11) is 0. The van der Waals surface area contributed by atoms with Gasteiger partial charge in [-0.05, 0) is 12.3 Å². The van der Waals surface area contributed by atoms with Gasteiger partial charge in [-0.25, -0.2) is 9.79 Å². The van der Waals surface area contributed by atoms with Crippen molar-refractivity contribution in [3.8, 4) is 0 Å². The van der Waals surface area contributed by atoms with Crippen LogP contribution in [0.2, 0.25) is 0 Å². The lowest BCUT2D eigenvalue weighted by Gasteiger charge is -2.13. The topological polar surface area (TPSA) is 29.4 Å². The number of nitrogens with zero attached hydrogens (tertiary/aromatic N) is 1. The fourth-order valence-electron chi connectivity index (χ4n) is 1.22. The van der Waals surface area contributed by atoms with Crippen LogP contribution >= 0.6 is 0 Å². The van der Waals surface area contributed by atoms with E-state index in [1.165, 1.54) is 19.3 Å². The number of aliphatic imine (C=N–C) groups is 1. The van der Waals surface area contributed by atoms with Crippen LogP contribution in [0.15, 0.2) is 4.99 Å². The molecule has 0 bridgehead atoms. The number of rotatable bonds is 6. The quantitative estimate of drug-likeness (QED) is 0.341. The second-order valence-corrected chi connectivity index (χ2v) is 3.53. The molecule has 0 amide bonds. The first-order valence-electron chi connectivity index (χ1n) is 4.79. The Morgan fingerprint density at radius 3 is 2.42 bits per heavy atom. The first kappa shape index (κ1) is 11.4. The molecular formula is C10H19NO. The van der Waals surface area contributed by atoms with Crippen LogP contribution in [0.1, 0.15) is 46.5 Å². The Bertz CT molecular complexity index is 148. The van der Waals surface area contributed by atoms with Gasteiger partial charge in [0.15, 0.2) is 0 Å². The van der Waals surface area contributed by atoms with Crippen LogP contribution in [-0.2, 0) is 4.79 Å². The lowest BCUT2D eigenvalue weighted by Crippen LogP contribution is -2.12. The van der Waals surface area contributed by atoms with E-state index in [0.29, 0.717) is 5.92 Å². The first-order valence-corrected chi connectivity index (χ1v) is 4.79. The fourth-order valence-corrected chi connectivity index (χ4v) is 1.22. The molecule has 0 radical (unpaired) electrons. The summed E-state index contributed by atoms with van der Waals surface area (Å²) in [6, 6.07) is 0.189. The zero-order valence-corrected chi connectivity index (χ0v) is 8.34. The molecule has 0 N–H and O–H groups in total. The van der Waals surface area contributed by atoms with Crippen LogP contribution in [0.4, 0.5) is 0 Å². The van der Waals surface area contributed by atoms with Crippen molar-refractivity contribution in [1.82, 2.24) is 0 Å². The van der Waals surface area contributed by atoms with Gasteiger partial charge in [0.05, 0.1) is 6.04 Å². The molecule has 2 heteroatoms. The molecule has 0 spiro atoms. The third-order valence-electron chi connectivity index (χ3n) is 2.09. The maximum atomic E-state index is 10.1. The summed E-state index contributed by atoms with van der Waals surface area (Å²) in [6.45, 7) is 6.36. The molecule has 2 nitrogen and oxygen atoms in total. The molecule has 1 unspecified atom stereocenters. The molecule has 0 fully saturated rings. The van der Waals surface area contributed by atoms with Gasteiger partial charge in [-0.1, -0.05) is 40.0 Å². The zero-order chi connectivity index (χ0) is 9.40. The lowest BCUT2D eigenvalue weighted by molar-refractivity contribution is 0.442. The summed E-state index contributed by atoms with van der Waals surface area (Å²) in [6.07, 6.45) is 6.30. The summed E-state index contributed by atoms with van der Waals surface area (Å²) in [5.74, 6) is 0.461. The average molecular weight is 169 g/mol. The van der Waals surface area contributed by atoms with E-state index >= 15 is 0 Å². The van der Waals surface area contributed by atoms with Crippen LogP contribution in [0.25, 0.3) is 0 Å². The largest absolute Gasteiger partial charge is 0.235 e. The van der Waals surface area contributed by atoms with Crippen molar-refractivity contribution < 1.29 is 4.79 Å². The Kier molecular flexibility index (Phi) is 6.69. The SMILES string of the molecule is CCCCCC(N=C=O)C(C)C. The maximum absolute atomic E-state index is 10.1. The summed E-state index contributed by atoms with van der Waals surface area (Å²) >= 11 is 0. The maximum Gasteiger partial charge on any atom is 0.235 e. The molecule has 0 saturated carbocycles. The predicted octanol–water partition coefficient (Wildman–Crippen LogP) is 2.93. The molecule has 70 valence electrons. The van der Waals surface area contributed by atoms with Crippen molar-refractivity contribution in [3.05, 3.63) is 0 Å². The third-order valence-corrected chi connectivity index (χ3v) is 2.09. The highest BCUT2D eigenvalue weighted by atomic mass is 16.1. The monoisotopic (exact) mass is 169 g/mol. The van der Waals surface area contributed by atoms with E-state index in [1.807, 2.05) is 0 Å².